The summed E-state index contributed by atoms with van der Waals surface area (Å²) in [4.78, 5) is 9.03. The Labute approximate surface area is 145 Å². The van der Waals surface area contributed by atoms with E-state index in [4.69, 9.17) is 4.42 Å². The molecule has 4 rings (SSSR count). The van der Waals surface area contributed by atoms with E-state index in [9.17, 15) is 5.11 Å². The molecule has 25 heavy (non-hydrogen) atoms. The van der Waals surface area contributed by atoms with E-state index >= 15 is 0 Å². The zero-order chi connectivity index (χ0) is 17.1. The Morgan fingerprint density at radius 1 is 1.00 bits per heavy atom. The third-order valence-electron chi connectivity index (χ3n) is 4.03. The SMILES string of the molecule is OCCc1ccccc1-n1ccnc1-c1coc(-c2ccccc2)n1. The van der Waals surface area contributed by atoms with Crippen LogP contribution >= 0.6 is 0 Å². The van der Waals surface area contributed by atoms with Gasteiger partial charge in [0.2, 0.25) is 5.89 Å². The lowest BCUT2D eigenvalue weighted by atomic mass is 10.1. The Balaban J connectivity index is 1.75. The summed E-state index contributed by atoms with van der Waals surface area (Å²) in [5, 5.41) is 9.31. The summed E-state index contributed by atoms with van der Waals surface area (Å²) in [5.74, 6) is 1.27. The second kappa shape index (κ2) is 6.75. The second-order valence-corrected chi connectivity index (χ2v) is 5.63. The minimum absolute atomic E-state index is 0.100. The molecule has 2 aromatic heterocycles. The molecule has 124 valence electrons. The largest absolute Gasteiger partial charge is 0.444 e. The number of imidazole rings is 1. The van der Waals surface area contributed by atoms with Crippen molar-refractivity contribution in [3.8, 4) is 28.7 Å². The van der Waals surface area contributed by atoms with E-state index in [0.717, 1.165) is 16.8 Å². The number of rotatable bonds is 5. The van der Waals surface area contributed by atoms with Crippen LogP contribution in [0.25, 0.3) is 28.7 Å². The molecule has 0 aliphatic carbocycles. The summed E-state index contributed by atoms with van der Waals surface area (Å²) in [5.41, 5.74) is 3.62. The fraction of sp³-hybridized carbons (Fsp3) is 0.100. The topological polar surface area (TPSA) is 64.1 Å². The average Bonchev–Trinajstić information content (AvgIpc) is 3.32. The van der Waals surface area contributed by atoms with Crippen molar-refractivity contribution < 1.29 is 9.52 Å². The molecule has 5 heteroatoms. The van der Waals surface area contributed by atoms with E-state index in [2.05, 4.69) is 9.97 Å². The van der Waals surface area contributed by atoms with Gasteiger partial charge in [0, 0.05) is 24.6 Å². The Bertz CT molecular complexity index is 973. The van der Waals surface area contributed by atoms with Crippen LogP contribution < -0.4 is 0 Å². The van der Waals surface area contributed by atoms with Crippen LogP contribution in [-0.2, 0) is 6.42 Å². The number of hydrogen-bond acceptors (Lipinski definition) is 4. The average molecular weight is 331 g/mol. The second-order valence-electron chi connectivity index (χ2n) is 5.63. The summed E-state index contributed by atoms with van der Waals surface area (Å²) >= 11 is 0. The minimum atomic E-state index is 0.100. The molecule has 2 aromatic carbocycles. The van der Waals surface area contributed by atoms with Gasteiger partial charge in [0.15, 0.2) is 5.82 Å². The smallest absolute Gasteiger partial charge is 0.226 e. The molecule has 0 unspecified atom stereocenters. The van der Waals surface area contributed by atoms with Crippen LogP contribution in [0.4, 0.5) is 0 Å². The van der Waals surface area contributed by atoms with Gasteiger partial charge in [-0.25, -0.2) is 9.97 Å². The number of nitrogens with zero attached hydrogens (tertiary/aromatic N) is 3. The van der Waals surface area contributed by atoms with E-state index in [0.29, 0.717) is 23.8 Å². The lowest BCUT2D eigenvalue weighted by molar-refractivity contribution is 0.299. The third kappa shape index (κ3) is 2.97. The van der Waals surface area contributed by atoms with Crippen LogP contribution in [0.2, 0.25) is 0 Å². The van der Waals surface area contributed by atoms with Crippen molar-refractivity contribution in [1.29, 1.82) is 0 Å². The van der Waals surface area contributed by atoms with Gasteiger partial charge in [-0.2, -0.15) is 0 Å². The van der Waals surface area contributed by atoms with E-state index in [1.807, 2.05) is 65.4 Å². The molecular weight excluding hydrogens is 314 g/mol. The first kappa shape index (κ1) is 15.4. The predicted octanol–water partition coefficient (Wildman–Crippen LogP) is 3.73. The van der Waals surface area contributed by atoms with Gasteiger partial charge >= 0.3 is 0 Å². The third-order valence-corrected chi connectivity index (χ3v) is 4.03. The van der Waals surface area contributed by atoms with E-state index in [1.54, 1.807) is 12.5 Å². The first-order valence-electron chi connectivity index (χ1n) is 8.10. The van der Waals surface area contributed by atoms with Gasteiger partial charge in [0.1, 0.15) is 12.0 Å². The zero-order valence-electron chi connectivity index (χ0n) is 13.5. The van der Waals surface area contributed by atoms with Crippen molar-refractivity contribution in [2.75, 3.05) is 6.61 Å². The number of hydrogen-bond donors (Lipinski definition) is 1. The van der Waals surface area contributed by atoms with Crippen molar-refractivity contribution in [3.63, 3.8) is 0 Å². The lowest BCUT2D eigenvalue weighted by Crippen LogP contribution is -2.02. The lowest BCUT2D eigenvalue weighted by Gasteiger charge is -2.11. The number of aliphatic hydroxyl groups excluding tert-OH is 1. The summed E-state index contributed by atoms with van der Waals surface area (Å²) in [7, 11) is 0. The molecule has 0 radical (unpaired) electrons. The molecule has 0 amide bonds. The summed E-state index contributed by atoms with van der Waals surface area (Å²) in [6.07, 6.45) is 5.84. The fourth-order valence-corrected chi connectivity index (χ4v) is 2.85. The van der Waals surface area contributed by atoms with E-state index in [1.165, 1.54) is 0 Å². The van der Waals surface area contributed by atoms with Crippen LogP contribution in [-0.4, -0.2) is 26.2 Å². The van der Waals surface area contributed by atoms with Crippen LogP contribution in [0, 0.1) is 0 Å². The van der Waals surface area contributed by atoms with Crippen molar-refractivity contribution in [2.45, 2.75) is 6.42 Å². The van der Waals surface area contributed by atoms with Crippen LogP contribution in [0.5, 0.6) is 0 Å². The van der Waals surface area contributed by atoms with Crippen molar-refractivity contribution in [2.24, 2.45) is 0 Å². The summed E-state index contributed by atoms with van der Waals surface area (Å²) in [6.45, 7) is 0.100. The molecule has 5 nitrogen and oxygen atoms in total. The Hall–Kier alpha value is -3.18. The normalized spacial score (nSPS) is 10.9. The maximum atomic E-state index is 9.31. The van der Waals surface area contributed by atoms with Gasteiger partial charge < -0.3 is 9.52 Å². The molecule has 1 N–H and O–H groups in total. The van der Waals surface area contributed by atoms with Gasteiger partial charge in [-0.15, -0.1) is 0 Å². The molecular formula is C20H17N3O2. The molecule has 0 spiro atoms. The van der Waals surface area contributed by atoms with Gasteiger partial charge in [-0.05, 0) is 30.2 Å². The molecule has 0 saturated carbocycles. The number of para-hydroxylation sites is 1. The van der Waals surface area contributed by atoms with Crippen molar-refractivity contribution in [1.82, 2.24) is 14.5 Å². The Morgan fingerprint density at radius 3 is 2.64 bits per heavy atom. The van der Waals surface area contributed by atoms with E-state index in [-0.39, 0.29) is 6.61 Å². The molecule has 4 aromatic rings. The highest BCUT2D eigenvalue weighted by Crippen LogP contribution is 2.26. The number of aromatic nitrogens is 3. The van der Waals surface area contributed by atoms with Crippen LogP contribution in [0.1, 0.15) is 5.56 Å². The molecule has 2 heterocycles. The maximum Gasteiger partial charge on any atom is 0.226 e. The van der Waals surface area contributed by atoms with Gasteiger partial charge in [0.05, 0.1) is 5.69 Å². The van der Waals surface area contributed by atoms with Crippen molar-refractivity contribution in [3.05, 3.63) is 78.8 Å². The predicted molar refractivity (Wildman–Crippen MR) is 95.3 cm³/mol. The summed E-state index contributed by atoms with van der Waals surface area (Å²) in [6, 6.07) is 17.7. The zero-order valence-corrected chi connectivity index (χ0v) is 13.5. The van der Waals surface area contributed by atoms with Crippen molar-refractivity contribution >= 4 is 0 Å². The number of aliphatic hydroxyl groups is 1. The Morgan fingerprint density at radius 2 is 1.80 bits per heavy atom. The molecule has 0 bridgehead atoms. The maximum absolute atomic E-state index is 9.31. The molecule has 0 aliphatic rings. The van der Waals surface area contributed by atoms with E-state index < -0.39 is 0 Å². The van der Waals surface area contributed by atoms with Gasteiger partial charge in [-0.3, -0.25) is 4.57 Å². The Kier molecular flexibility index (Phi) is 4.14. The molecule has 0 aliphatic heterocycles. The summed E-state index contributed by atoms with van der Waals surface area (Å²) < 4.78 is 7.61. The highest BCUT2D eigenvalue weighted by Gasteiger charge is 2.15. The first-order chi connectivity index (χ1) is 12.4. The monoisotopic (exact) mass is 331 g/mol. The molecule has 0 saturated heterocycles. The highest BCUT2D eigenvalue weighted by molar-refractivity contribution is 5.60. The fourth-order valence-electron chi connectivity index (χ4n) is 2.85. The number of benzene rings is 2. The van der Waals surface area contributed by atoms with Gasteiger partial charge in [-0.1, -0.05) is 36.4 Å². The molecule has 0 fully saturated rings. The van der Waals surface area contributed by atoms with Gasteiger partial charge in [0.25, 0.3) is 0 Å². The quantitative estimate of drug-likeness (QED) is 0.605. The van der Waals surface area contributed by atoms with Crippen LogP contribution in [0.15, 0.2) is 77.7 Å². The minimum Gasteiger partial charge on any atom is -0.444 e. The standard InChI is InChI=1S/C20H17N3O2/c24-13-10-15-6-4-5-9-18(15)23-12-11-21-19(23)17-14-25-20(22-17)16-7-2-1-3-8-16/h1-9,11-12,14,24H,10,13H2. The molecule has 0 atom stereocenters. The first-order valence-corrected chi connectivity index (χ1v) is 8.10. The highest BCUT2D eigenvalue weighted by atomic mass is 16.3. The van der Waals surface area contributed by atoms with Crippen LogP contribution in [0.3, 0.4) is 0 Å². The number of oxazole rings is 1.